The predicted molar refractivity (Wildman–Crippen MR) is 91.6 cm³/mol. The van der Waals surface area contributed by atoms with E-state index in [1.807, 2.05) is 31.2 Å². The first-order chi connectivity index (χ1) is 11.5. The molecule has 1 N–H and O–H groups in total. The van der Waals surface area contributed by atoms with Gasteiger partial charge in [0.2, 0.25) is 0 Å². The molecule has 1 heterocycles. The summed E-state index contributed by atoms with van der Waals surface area (Å²) in [6.45, 7) is 2.02. The molecule has 6 heteroatoms. The summed E-state index contributed by atoms with van der Waals surface area (Å²) < 4.78 is 14.1. The average Bonchev–Trinajstić information content (AvgIpc) is 2.82. The van der Waals surface area contributed by atoms with E-state index < -0.39 is 11.6 Å². The normalized spacial score (nSPS) is 20.4. The first-order valence-electron chi connectivity index (χ1n) is 7.61. The number of amides is 3. The molecule has 1 saturated heterocycles. The smallest absolute Gasteiger partial charge is 0.319 e. The highest BCUT2D eigenvalue weighted by molar-refractivity contribution is 9.10. The van der Waals surface area contributed by atoms with E-state index in [0.29, 0.717) is 12.0 Å². The molecule has 3 amide bonds. The van der Waals surface area contributed by atoms with Gasteiger partial charge >= 0.3 is 6.03 Å². The number of hydrogen-bond acceptors (Lipinski definition) is 2. The molecule has 0 bridgehead atoms. The van der Waals surface area contributed by atoms with Gasteiger partial charge < -0.3 is 5.32 Å². The summed E-state index contributed by atoms with van der Waals surface area (Å²) >= 11 is 3.36. The van der Waals surface area contributed by atoms with Crippen molar-refractivity contribution in [1.29, 1.82) is 0 Å². The highest BCUT2D eigenvalue weighted by atomic mass is 79.9. The van der Waals surface area contributed by atoms with Gasteiger partial charge in [0.25, 0.3) is 5.91 Å². The van der Waals surface area contributed by atoms with Gasteiger partial charge in [-0.2, -0.15) is 0 Å². The Morgan fingerprint density at radius 2 is 1.71 bits per heavy atom. The Morgan fingerprint density at radius 1 is 1.08 bits per heavy atom. The van der Waals surface area contributed by atoms with E-state index in [-0.39, 0.29) is 18.3 Å². The summed E-state index contributed by atoms with van der Waals surface area (Å²) in [6, 6.07) is 12.7. The van der Waals surface area contributed by atoms with Crippen molar-refractivity contribution in [2.75, 3.05) is 0 Å². The second-order valence-electron chi connectivity index (χ2n) is 5.71. The number of nitrogens with one attached hydrogen (secondary N) is 1. The van der Waals surface area contributed by atoms with Crippen LogP contribution in [0.4, 0.5) is 9.18 Å². The molecule has 0 unspecified atom stereocenters. The van der Waals surface area contributed by atoms with E-state index in [1.165, 1.54) is 17.0 Å². The Kier molecular flexibility index (Phi) is 4.41. The minimum absolute atomic E-state index is 0.195. The van der Waals surface area contributed by atoms with E-state index in [0.717, 1.165) is 10.0 Å². The van der Waals surface area contributed by atoms with Crippen molar-refractivity contribution >= 4 is 27.9 Å². The summed E-state index contributed by atoms with van der Waals surface area (Å²) in [5, 5.41) is 2.79. The molecule has 2 aromatic carbocycles. The second-order valence-corrected chi connectivity index (χ2v) is 6.63. The number of benzene rings is 2. The van der Waals surface area contributed by atoms with Crippen LogP contribution in [0.5, 0.6) is 0 Å². The third-order valence-corrected chi connectivity index (χ3v) is 4.83. The fourth-order valence-corrected chi connectivity index (χ4v) is 3.18. The molecule has 24 heavy (non-hydrogen) atoms. The molecule has 1 fully saturated rings. The third kappa shape index (κ3) is 2.82. The Hall–Kier alpha value is -2.21. The van der Waals surface area contributed by atoms with Crippen LogP contribution in [0.25, 0.3) is 0 Å². The van der Waals surface area contributed by atoms with Gasteiger partial charge in [-0.3, -0.25) is 9.69 Å². The number of rotatable bonds is 4. The summed E-state index contributed by atoms with van der Waals surface area (Å²) in [5.74, 6) is -0.696. The number of carbonyl (C=O) groups excluding carboxylic acids is 2. The topological polar surface area (TPSA) is 49.4 Å². The Bertz CT molecular complexity index is 777. The molecular formula is C18H16BrFN2O2. The first kappa shape index (κ1) is 16.6. The van der Waals surface area contributed by atoms with Crippen LogP contribution in [0.15, 0.2) is 53.0 Å². The number of urea groups is 1. The predicted octanol–water partition coefficient (Wildman–Crippen LogP) is 3.95. The lowest BCUT2D eigenvalue weighted by Crippen LogP contribution is -2.43. The Morgan fingerprint density at radius 3 is 2.29 bits per heavy atom. The molecule has 0 aromatic heterocycles. The number of nitrogens with zero attached hydrogens (tertiary/aromatic N) is 1. The fourth-order valence-electron chi connectivity index (χ4n) is 2.92. The zero-order chi connectivity index (χ0) is 17.3. The monoisotopic (exact) mass is 390 g/mol. The van der Waals surface area contributed by atoms with Crippen molar-refractivity contribution in [2.24, 2.45) is 0 Å². The summed E-state index contributed by atoms with van der Waals surface area (Å²) in [4.78, 5) is 26.6. The van der Waals surface area contributed by atoms with Gasteiger partial charge in [-0.25, -0.2) is 9.18 Å². The molecule has 4 nitrogen and oxygen atoms in total. The molecule has 124 valence electrons. The lowest BCUT2D eigenvalue weighted by Gasteiger charge is -2.25. The van der Waals surface area contributed by atoms with Gasteiger partial charge in [0, 0.05) is 4.47 Å². The van der Waals surface area contributed by atoms with Gasteiger partial charge in [-0.15, -0.1) is 0 Å². The highest BCUT2D eigenvalue weighted by Crippen LogP contribution is 2.33. The summed E-state index contributed by atoms with van der Waals surface area (Å²) in [7, 11) is 0. The standard InChI is InChI=1S/C18H16BrFN2O2/c1-2-18(13-5-9-15(20)10-6-13)16(23)22(17(24)21-18)11-12-3-7-14(19)8-4-12/h3-10H,2,11H2,1H3,(H,21,24)/t18-/m0/s1. The lowest BCUT2D eigenvalue weighted by molar-refractivity contribution is -0.132. The molecule has 0 saturated carbocycles. The van der Waals surface area contributed by atoms with Crippen molar-refractivity contribution < 1.29 is 14.0 Å². The van der Waals surface area contributed by atoms with Crippen molar-refractivity contribution in [3.05, 3.63) is 69.9 Å². The summed E-state index contributed by atoms with van der Waals surface area (Å²) in [5.41, 5.74) is 0.302. The number of imide groups is 1. The van der Waals surface area contributed by atoms with E-state index in [1.54, 1.807) is 12.1 Å². The van der Waals surface area contributed by atoms with Crippen LogP contribution < -0.4 is 5.32 Å². The van der Waals surface area contributed by atoms with Gasteiger partial charge in [0.1, 0.15) is 11.4 Å². The van der Waals surface area contributed by atoms with Crippen LogP contribution in [-0.2, 0) is 16.9 Å². The van der Waals surface area contributed by atoms with E-state index >= 15 is 0 Å². The maximum Gasteiger partial charge on any atom is 0.325 e. The van der Waals surface area contributed by atoms with E-state index in [4.69, 9.17) is 0 Å². The molecule has 0 aliphatic carbocycles. The van der Waals surface area contributed by atoms with Crippen molar-refractivity contribution in [3.8, 4) is 0 Å². The molecular weight excluding hydrogens is 375 g/mol. The van der Waals surface area contributed by atoms with Crippen LogP contribution in [-0.4, -0.2) is 16.8 Å². The summed E-state index contributed by atoms with van der Waals surface area (Å²) in [6.07, 6.45) is 0.389. The van der Waals surface area contributed by atoms with E-state index in [2.05, 4.69) is 21.2 Å². The molecule has 3 rings (SSSR count). The maximum absolute atomic E-state index is 13.2. The van der Waals surface area contributed by atoms with Gasteiger partial charge in [-0.1, -0.05) is 47.1 Å². The minimum Gasteiger partial charge on any atom is -0.319 e. The van der Waals surface area contributed by atoms with Crippen LogP contribution in [0.1, 0.15) is 24.5 Å². The van der Waals surface area contributed by atoms with Crippen molar-refractivity contribution in [1.82, 2.24) is 10.2 Å². The lowest BCUT2D eigenvalue weighted by atomic mass is 9.87. The number of carbonyl (C=O) groups is 2. The first-order valence-corrected chi connectivity index (χ1v) is 8.40. The highest BCUT2D eigenvalue weighted by Gasteiger charge is 2.51. The second kappa shape index (κ2) is 6.36. The van der Waals surface area contributed by atoms with E-state index in [9.17, 15) is 14.0 Å². The zero-order valence-corrected chi connectivity index (χ0v) is 14.6. The Balaban J connectivity index is 1.91. The largest absolute Gasteiger partial charge is 0.325 e. The molecule has 1 aliphatic heterocycles. The SMILES string of the molecule is CC[C@@]1(c2ccc(F)cc2)NC(=O)N(Cc2ccc(Br)cc2)C1=O. The van der Waals surface area contributed by atoms with Crippen molar-refractivity contribution in [2.45, 2.75) is 25.4 Å². The van der Waals surface area contributed by atoms with Gasteiger partial charge in [0.15, 0.2) is 0 Å². The van der Waals surface area contributed by atoms with Crippen LogP contribution in [0.2, 0.25) is 0 Å². The quantitative estimate of drug-likeness (QED) is 0.803. The third-order valence-electron chi connectivity index (χ3n) is 4.30. The van der Waals surface area contributed by atoms with Crippen LogP contribution in [0, 0.1) is 5.82 Å². The van der Waals surface area contributed by atoms with Gasteiger partial charge in [-0.05, 0) is 41.8 Å². The maximum atomic E-state index is 13.2. The molecule has 0 spiro atoms. The van der Waals surface area contributed by atoms with Crippen LogP contribution >= 0.6 is 15.9 Å². The van der Waals surface area contributed by atoms with Gasteiger partial charge in [0.05, 0.1) is 6.54 Å². The molecule has 1 aliphatic rings. The zero-order valence-electron chi connectivity index (χ0n) is 13.1. The Labute approximate surface area is 147 Å². The average molecular weight is 391 g/mol. The van der Waals surface area contributed by atoms with Crippen LogP contribution in [0.3, 0.4) is 0 Å². The fraction of sp³-hybridized carbons (Fsp3) is 0.222. The molecule has 1 atom stereocenters. The minimum atomic E-state index is -1.14. The number of hydrogen-bond donors (Lipinski definition) is 1. The molecule has 2 aromatic rings. The molecule has 0 radical (unpaired) electrons. The number of halogens is 2. The van der Waals surface area contributed by atoms with Crippen molar-refractivity contribution in [3.63, 3.8) is 0 Å².